The van der Waals surface area contributed by atoms with Crippen molar-refractivity contribution in [2.75, 3.05) is 0 Å². The van der Waals surface area contributed by atoms with Crippen LogP contribution in [0.3, 0.4) is 0 Å². The molecular weight excluding hydrogens is 279 g/mol. The fourth-order valence-corrected chi connectivity index (χ4v) is 1.96. The molecule has 1 heterocycles. The Morgan fingerprint density at radius 3 is 2.58 bits per heavy atom. The van der Waals surface area contributed by atoms with Gasteiger partial charge in [-0.15, -0.1) is 0 Å². The summed E-state index contributed by atoms with van der Waals surface area (Å²) in [5, 5.41) is 0.00847. The molecular formula is C12H11ClF3N3. The van der Waals surface area contributed by atoms with Crippen LogP contribution in [0, 0.1) is 0 Å². The molecule has 0 unspecified atom stereocenters. The van der Waals surface area contributed by atoms with Gasteiger partial charge >= 0.3 is 6.18 Å². The standard InChI is InChI=1S/C12H11ClF3N3/c1-7(17)11-5-18-6-19(11)10-3-8(12(14,15)16)2-9(13)4-10/h2-7H,17H2,1H3/t7-/m0/s1. The van der Waals surface area contributed by atoms with Gasteiger partial charge in [-0.05, 0) is 25.1 Å². The van der Waals surface area contributed by atoms with E-state index in [9.17, 15) is 13.2 Å². The largest absolute Gasteiger partial charge is 0.416 e. The monoisotopic (exact) mass is 289 g/mol. The van der Waals surface area contributed by atoms with Crippen molar-refractivity contribution < 1.29 is 13.2 Å². The number of halogens is 4. The fraction of sp³-hybridized carbons (Fsp3) is 0.250. The second-order valence-corrected chi connectivity index (χ2v) is 4.61. The Morgan fingerprint density at radius 1 is 1.32 bits per heavy atom. The molecule has 2 rings (SSSR count). The summed E-state index contributed by atoms with van der Waals surface area (Å²) in [4.78, 5) is 3.90. The SMILES string of the molecule is C[C@H](N)c1cncn1-c1cc(Cl)cc(C(F)(F)F)c1. The average molecular weight is 290 g/mol. The minimum absolute atomic E-state index is 0.00847. The molecule has 1 aromatic heterocycles. The van der Waals surface area contributed by atoms with Crippen LogP contribution in [-0.2, 0) is 6.18 Å². The van der Waals surface area contributed by atoms with Gasteiger partial charge in [-0.3, -0.25) is 0 Å². The van der Waals surface area contributed by atoms with E-state index >= 15 is 0 Å². The molecule has 1 aromatic carbocycles. The van der Waals surface area contributed by atoms with Gasteiger partial charge in [-0.1, -0.05) is 11.6 Å². The van der Waals surface area contributed by atoms with E-state index in [4.69, 9.17) is 17.3 Å². The molecule has 0 radical (unpaired) electrons. The van der Waals surface area contributed by atoms with Crippen molar-refractivity contribution in [2.24, 2.45) is 5.73 Å². The third kappa shape index (κ3) is 2.90. The van der Waals surface area contributed by atoms with E-state index < -0.39 is 11.7 Å². The molecule has 0 fully saturated rings. The van der Waals surface area contributed by atoms with Gasteiger partial charge in [0.2, 0.25) is 0 Å². The minimum atomic E-state index is -4.45. The number of alkyl halides is 3. The molecule has 3 nitrogen and oxygen atoms in total. The predicted octanol–water partition coefficient (Wildman–Crippen LogP) is 3.56. The van der Waals surface area contributed by atoms with Gasteiger partial charge in [0.05, 0.1) is 23.8 Å². The quantitative estimate of drug-likeness (QED) is 0.918. The van der Waals surface area contributed by atoms with Crippen LogP contribution in [0.4, 0.5) is 13.2 Å². The average Bonchev–Trinajstić information content (AvgIpc) is 2.75. The summed E-state index contributed by atoms with van der Waals surface area (Å²) in [5.74, 6) is 0. The molecule has 0 spiro atoms. The van der Waals surface area contributed by atoms with E-state index in [1.165, 1.54) is 23.2 Å². The zero-order valence-electron chi connectivity index (χ0n) is 9.95. The van der Waals surface area contributed by atoms with E-state index in [0.29, 0.717) is 5.69 Å². The Hall–Kier alpha value is -1.53. The molecule has 2 N–H and O–H groups in total. The van der Waals surface area contributed by atoms with Crippen LogP contribution in [0.1, 0.15) is 24.2 Å². The number of nitrogens with zero attached hydrogens (tertiary/aromatic N) is 2. The maximum absolute atomic E-state index is 12.7. The van der Waals surface area contributed by atoms with Gasteiger partial charge in [-0.2, -0.15) is 13.2 Å². The Morgan fingerprint density at radius 2 is 2.00 bits per heavy atom. The van der Waals surface area contributed by atoms with Crippen LogP contribution in [0.2, 0.25) is 5.02 Å². The highest BCUT2D eigenvalue weighted by Gasteiger charge is 2.31. The first-order chi connectivity index (χ1) is 8.79. The van der Waals surface area contributed by atoms with Gasteiger partial charge in [0.1, 0.15) is 0 Å². The van der Waals surface area contributed by atoms with Crippen molar-refractivity contribution in [1.82, 2.24) is 9.55 Å². The van der Waals surface area contributed by atoms with Gasteiger partial charge in [-0.25, -0.2) is 4.98 Å². The summed E-state index contributed by atoms with van der Waals surface area (Å²) in [6, 6.07) is 2.98. The lowest BCUT2D eigenvalue weighted by atomic mass is 10.1. The van der Waals surface area contributed by atoms with Crippen molar-refractivity contribution in [2.45, 2.75) is 19.1 Å². The summed E-state index contributed by atoms with van der Waals surface area (Å²) >= 11 is 5.74. The molecule has 1 atom stereocenters. The van der Waals surface area contributed by atoms with E-state index in [-0.39, 0.29) is 16.8 Å². The van der Waals surface area contributed by atoms with Crippen LogP contribution in [-0.4, -0.2) is 9.55 Å². The number of aromatic nitrogens is 2. The predicted molar refractivity (Wildman–Crippen MR) is 66.2 cm³/mol. The lowest BCUT2D eigenvalue weighted by molar-refractivity contribution is -0.137. The summed E-state index contributed by atoms with van der Waals surface area (Å²) in [5.41, 5.74) is 5.82. The highest BCUT2D eigenvalue weighted by molar-refractivity contribution is 6.30. The molecule has 2 aromatic rings. The molecule has 0 saturated carbocycles. The summed E-state index contributed by atoms with van der Waals surface area (Å²) < 4.78 is 39.7. The second kappa shape index (κ2) is 4.86. The topological polar surface area (TPSA) is 43.8 Å². The molecule has 0 saturated heterocycles. The first kappa shape index (κ1) is 13.9. The zero-order valence-corrected chi connectivity index (χ0v) is 10.7. The third-order valence-corrected chi connectivity index (χ3v) is 2.84. The Labute approximate surface area is 112 Å². The first-order valence-corrected chi connectivity index (χ1v) is 5.83. The number of imidazole rings is 1. The molecule has 102 valence electrons. The van der Waals surface area contributed by atoms with E-state index in [1.54, 1.807) is 6.92 Å². The number of nitrogens with two attached hydrogens (primary N) is 1. The summed E-state index contributed by atoms with van der Waals surface area (Å²) in [6.45, 7) is 1.72. The van der Waals surface area contributed by atoms with Crippen molar-refractivity contribution in [3.8, 4) is 5.69 Å². The molecule has 0 aliphatic rings. The highest BCUT2D eigenvalue weighted by atomic mass is 35.5. The second-order valence-electron chi connectivity index (χ2n) is 4.17. The maximum Gasteiger partial charge on any atom is 0.416 e. The molecule has 7 heteroatoms. The molecule has 0 bridgehead atoms. The normalized spacial score (nSPS) is 13.6. The maximum atomic E-state index is 12.7. The van der Waals surface area contributed by atoms with Gasteiger partial charge in [0.25, 0.3) is 0 Å². The van der Waals surface area contributed by atoms with Crippen LogP contribution in [0.15, 0.2) is 30.7 Å². The number of rotatable bonds is 2. The van der Waals surface area contributed by atoms with Crippen molar-refractivity contribution in [3.05, 3.63) is 47.0 Å². The Bertz CT molecular complexity index is 590. The van der Waals surface area contributed by atoms with Crippen molar-refractivity contribution in [1.29, 1.82) is 0 Å². The number of benzene rings is 1. The van der Waals surface area contributed by atoms with Gasteiger partial charge in [0.15, 0.2) is 0 Å². The smallest absolute Gasteiger partial charge is 0.323 e. The van der Waals surface area contributed by atoms with Gasteiger partial charge < -0.3 is 10.3 Å². The lowest BCUT2D eigenvalue weighted by Crippen LogP contribution is -2.12. The molecule has 0 aliphatic heterocycles. The van der Waals surface area contributed by atoms with Gasteiger partial charge in [0, 0.05) is 16.8 Å². The summed E-state index contributed by atoms with van der Waals surface area (Å²) in [6.07, 6.45) is -1.53. The van der Waals surface area contributed by atoms with Crippen LogP contribution in [0.25, 0.3) is 5.69 Å². The zero-order chi connectivity index (χ0) is 14.2. The fourth-order valence-electron chi connectivity index (χ4n) is 1.73. The third-order valence-electron chi connectivity index (χ3n) is 2.62. The Kier molecular flexibility index (Phi) is 3.56. The highest BCUT2D eigenvalue weighted by Crippen LogP contribution is 2.33. The molecule has 0 amide bonds. The number of hydrogen-bond acceptors (Lipinski definition) is 2. The van der Waals surface area contributed by atoms with Crippen LogP contribution < -0.4 is 5.73 Å². The first-order valence-electron chi connectivity index (χ1n) is 5.45. The van der Waals surface area contributed by atoms with E-state index in [1.807, 2.05) is 0 Å². The number of hydrogen-bond donors (Lipinski definition) is 1. The Balaban J connectivity index is 2.57. The van der Waals surface area contributed by atoms with Crippen molar-refractivity contribution in [3.63, 3.8) is 0 Å². The molecule has 19 heavy (non-hydrogen) atoms. The van der Waals surface area contributed by atoms with E-state index in [2.05, 4.69) is 4.98 Å². The van der Waals surface area contributed by atoms with Crippen LogP contribution in [0.5, 0.6) is 0 Å². The molecule has 0 aliphatic carbocycles. The van der Waals surface area contributed by atoms with Crippen molar-refractivity contribution >= 4 is 11.6 Å². The minimum Gasteiger partial charge on any atom is -0.323 e. The lowest BCUT2D eigenvalue weighted by Gasteiger charge is -2.14. The summed E-state index contributed by atoms with van der Waals surface area (Å²) in [7, 11) is 0. The van der Waals surface area contributed by atoms with Crippen LogP contribution >= 0.6 is 11.6 Å². The van der Waals surface area contributed by atoms with E-state index in [0.717, 1.165) is 12.1 Å².